The van der Waals surface area contributed by atoms with Gasteiger partial charge < -0.3 is 15.7 Å². The van der Waals surface area contributed by atoms with Crippen LogP contribution in [0.2, 0.25) is 0 Å². The van der Waals surface area contributed by atoms with Gasteiger partial charge >= 0.3 is 0 Å². The van der Waals surface area contributed by atoms with Crippen molar-refractivity contribution in [3.8, 4) is 11.1 Å². The highest BCUT2D eigenvalue weighted by Gasteiger charge is 2.09. The highest BCUT2D eigenvalue weighted by atomic mass is 16.3. The molecule has 2 amide bonds. The lowest BCUT2D eigenvalue weighted by Crippen LogP contribution is -2.38. The molecule has 2 aromatic carbocycles. The summed E-state index contributed by atoms with van der Waals surface area (Å²) in [5.74, 6) is -0.313. The summed E-state index contributed by atoms with van der Waals surface area (Å²) in [6, 6.07) is 17.2. The minimum Gasteiger partial charge on any atom is -0.396 e. The first kappa shape index (κ1) is 18.7. The maximum absolute atomic E-state index is 12.1. The minimum absolute atomic E-state index is 0.0644. The van der Waals surface area contributed by atoms with E-state index in [0.29, 0.717) is 18.5 Å². The number of amides is 2. The molecule has 0 spiro atoms. The smallest absolute Gasteiger partial charge is 0.251 e. The molecule has 1 unspecified atom stereocenters. The third-order valence-corrected chi connectivity index (χ3v) is 3.93. The topological polar surface area (TPSA) is 78.4 Å². The summed E-state index contributed by atoms with van der Waals surface area (Å²) in [7, 11) is 0. The molecule has 3 N–H and O–H groups in total. The average molecular weight is 340 g/mol. The van der Waals surface area contributed by atoms with E-state index in [1.807, 2.05) is 49.4 Å². The first-order valence-electron chi connectivity index (χ1n) is 8.41. The van der Waals surface area contributed by atoms with Crippen LogP contribution >= 0.6 is 0 Å². The van der Waals surface area contributed by atoms with E-state index in [-0.39, 0.29) is 30.9 Å². The zero-order valence-electron chi connectivity index (χ0n) is 14.4. The Morgan fingerprint density at radius 1 is 0.960 bits per heavy atom. The lowest BCUT2D eigenvalue weighted by atomic mass is 10.0. The van der Waals surface area contributed by atoms with Gasteiger partial charge in [0, 0.05) is 18.7 Å². The van der Waals surface area contributed by atoms with Gasteiger partial charge in [0.25, 0.3) is 5.91 Å². The number of hydrogen-bond acceptors (Lipinski definition) is 3. The molecule has 0 saturated heterocycles. The van der Waals surface area contributed by atoms with Crippen LogP contribution in [0.5, 0.6) is 0 Å². The van der Waals surface area contributed by atoms with Crippen molar-refractivity contribution in [1.29, 1.82) is 0 Å². The molecule has 0 saturated carbocycles. The van der Waals surface area contributed by atoms with Crippen molar-refractivity contribution in [2.45, 2.75) is 13.3 Å². The summed E-state index contributed by atoms with van der Waals surface area (Å²) in [4.78, 5) is 23.9. The van der Waals surface area contributed by atoms with Crippen LogP contribution in [0.1, 0.15) is 23.7 Å². The number of aliphatic hydroxyl groups excluding tert-OH is 1. The lowest BCUT2D eigenvalue weighted by Gasteiger charge is -2.11. The molecule has 0 fully saturated rings. The average Bonchev–Trinajstić information content (AvgIpc) is 2.65. The maximum atomic E-state index is 12.1. The molecule has 0 aliphatic carbocycles. The minimum atomic E-state index is -0.279. The number of rotatable bonds is 8. The van der Waals surface area contributed by atoms with E-state index < -0.39 is 0 Å². The second-order valence-electron chi connectivity index (χ2n) is 6.05. The van der Waals surface area contributed by atoms with E-state index in [0.717, 1.165) is 11.1 Å². The molecule has 0 aliphatic rings. The van der Waals surface area contributed by atoms with Gasteiger partial charge in [-0.25, -0.2) is 0 Å². The Kier molecular flexibility index (Phi) is 7.16. The third-order valence-electron chi connectivity index (χ3n) is 3.93. The van der Waals surface area contributed by atoms with Crippen molar-refractivity contribution in [2.24, 2.45) is 5.92 Å². The van der Waals surface area contributed by atoms with Crippen LogP contribution in [0.4, 0.5) is 0 Å². The van der Waals surface area contributed by atoms with Gasteiger partial charge in [-0.05, 0) is 35.6 Å². The molecule has 0 bridgehead atoms. The van der Waals surface area contributed by atoms with Crippen molar-refractivity contribution >= 4 is 11.8 Å². The van der Waals surface area contributed by atoms with Crippen molar-refractivity contribution in [3.05, 3.63) is 60.2 Å². The summed E-state index contributed by atoms with van der Waals surface area (Å²) in [6.07, 6.45) is 0.639. The van der Waals surface area contributed by atoms with Gasteiger partial charge in [-0.2, -0.15) is 0 Å². The molecule has 2 rings (SSSR count). The Hall–Kier alpha value is -2.66. The summed E-state index contributed by atoms with van der Waals surface area (Å²) in [6.45, 7) is 2.47. The van der Waals surface area contributed by atoms with Gasteiger partial charge in [-0.15, -0.1) is 0 Å². The number of nitrogens with one attached hydrogen (secondary N) is 2. The number of aliphatic hydroxyl groups is 1. The van der Waals surface area contributed by atoms with Gasteiger partial charge in [-0.1, -0.05) is 49.4 Å². The standard InChI is InChI=1S/C20H24N2O3/c1-15(11-12-23)13-21-19(24)14-22-20(25)18-9-7-17(8-10-18)16-5-3-2-4-6-16/h2-10,15,23H,11-14H2,1H3,(H,21,24)(H,22,25). The quantitative estimate of drug-likeness (QED) is 0.689. The third kappa shape index (κ3) is 6.04. The highest BCUT2D eigenvalue weighted by molar-refractivity contribution is 5.96. The van der Waals surface area contributed by atoms with E-state index in [9.17, 15) is 9.59 Å². The van der Waals surface area contributed by atoms with Crippen LogP contribution in [0.15, 0.2) is 54.6 Å². The van der Waals surface area contributed by atoms with E-state index in [2.05, 4.69) is 10.6 Å². The van der Waals surface area contributed by atoms with E-state index >= 15 is 0 Å². The number of hydrogen-bond donors (Lipinski definition) is 3. The zero-order valence-corrected chi connectivity index (χ0v) is 14.4. The Morgan fingerprint density at radius 2 is 1.60 bits per heavy atom. The molecule has 0 heterocycles. The fourth-order valence-electron chi connectivity index (χ4n) is 2.38. The predicted octanol–water partition coefficient (Wildman–Crippen LogP) is 2.22. The molecule has 5 heteroatoms. The largest absolute Gasteiger partial charge is 0.396 e. The van der Waals surface area contributed by atoms with Crippen LogP contribution in [0.3, 0.4) is 0 Å². The van der Waals surface area contributed by atoms with Crippen molar-refractivity contribution in [1.82, 2.24) is 10.6 Å². The fourth-order valence-corrected chi connectivity index (χ4v) is 2.38. The molecule has 0 radical (unpaired) electrons. The number of carbonyl (C=O) groups excluding carboxylic acids is 2. The van der Waals surface area contributed by atoms with Crippen molar-refractivity contribution < 1.29 is 14.7 Å². The predicted molar refractivity (Wildman–Crippen MR) is 98.1 cm³/mol. The van der Waals surface area contributed by atoms with Crippen LogP contribution in [0, 0.1) is 5.92 Å². The monoisotopic (exact) mass is 340 g/mol. The summed E-state index contributed by atoms with van der Waals surface area (Å²) in [5.41, 5.74) is 2.64. The van der Waals surface area contributed by atoms with Crippen molar-refractivity contribution in [3.63, 3.8) is 0 Å². The molecule has 1 atom stereocenters. The van der Waals surface area contributed by atoms with Crippen LogP contribution in [0.25, 0.3) is 11.1 Å². The van der Waals surface area contributed by atoms with Crippen LogP contribution in [-0.4, -0.2) is 36.6 Å². The number of benzene rings is 2. The molecular weight excluding hydrogens is 316 g/mol. The first-order valence-corrected chi connectivity index (χ1v) is 8.41. The summed E-state index contributed by atoms with van der Waals surface area (Å²) in [5, 5.41) is 14.2. The molecule has 132 valence electrons. The molecule has 2 aromatic rings. The molecule has 0 aromatic heterocycles. The van der Waals surface area contributed by atoms with Gasteiger partial charge in [0.2, 0.25) is 5.91 Å². The van der Waals surface area contributed by atoms with Crippen LogP contribution in [-0.2, 0) is 4.79 Å². The SMILES string of the molecule is CC(CCO)CNC(=O)CNC(=O)c1ccc(-c2ccccc2)cc1. The number of carbonyl (C=O) groups is 2. The Labute approximate surface area is 148 Å². The normalized spacial score (nSPS) is 11.6. The van der Waals surface area contributed by atoms with E-state index in [1.54, 1.807) is 12.1 Å². The Morgan fingerprint density at radius 3 is 2.24 bits per heavy atom. The van der Waals surface area contributed by atoms with Gasteiger partial charge in [0.1, 0.15) is 0 Å². The summed E-state index contributed by atoms with van der Waals surface area (Å²) < 4.78 is 0. The zero-order chi connectivity index (χ0) is 18.1. The Bertz CT molecular complexity index is 684. The second kappa shape index (κ2) is 9.59. The molecular formula is C20H24N2O3. The highest BCUT2D eigenvalue weighted by Crippen LogP contribution is 2.19. The fraction of sp³-hybridized carbons (Fsp3) is 0.300. The van der Waals surface area contributed by atoms with Gasteiger partial charge in [0.05, 0.1) is 6.54 Å². The first-order chi connectivity index (χ1) is 12.1. The second-order valence-corrected chi connectivity index (χ2v) is 6.05. The van der Waals surface area contributed by atoms with E-state index in [1.165, 1.54) is 0 Å². The summed E-state index contributed by atoms with van der Waals surface area (Å²) >= 11 is 0. The van der Waals surface area contributed by atoms with Crippen molar-refractivity contribution in [2.75, 3.05) is 19.7 Å². The molecule has 5 nitrogen and oxygen atoms in total. The lowest BCUT2D eigenvalue weighted by molar-refractivity contribution is -0.120. The molecule has 0 aliphatic heterocycles. The van der Waals surface area contributed by atoms with Gasteiger partial charge in [0.15, 0.2) is 0 Å². The molecule has 25 heavy (non-hydrogen) atoms. The Balaban J connectivity index is 1.82. The van der Waals surface area contributed by atoms with E-state index in [4.69, 9.17) is 5.11 Å². The van der Waals surface area contributed by atoms with Crippen LogP contribution < -0.4 is 10.6 Å². The van der Waals surface area contributed by atoms with Gasteiger partial charge in [-0.3, -0.25) is 9.59 Å². The maximum Gasteiger partial charge on any atom is 0.251 e.